The molecule has 1 aliphatic rings. The van der Waals surface area contributed by atoms with Gasteiger partial charge in [0.1, 0.15) is 0 Å². The van der Waals surface area contributed by atoms with E-state index >= 15 is 0 Å². The molecule has 1 heterocycles. The van der Waals surface area contributed by atoms with Crippen LogP contribution in [0.1, 0.15) is 12.5 Å². The third-order valence-corrected chi connectivity index (χ3v) is 4.72. The molecule has 0 radical (unpaired) electrons. The molecule has 0 saturated carbocycles. The van der Waals surface area contributed by atoms with Crippen molar-refractivity contribution >= 4 is 27.4 Å². The molecule has 2 rings (SSSR count). The first-order valence-corrected chi connectivity index (χ1v) is 7.45. The second kappa shape index (κ2) is 5.08. The highest BCUT2D eigenvalue weighted by atomic mass is 32.2. The Morgan fingerprint density at radius 3 is 2.89 bits per heavy atom. The molecule has 0 spiro atoms. The second-order valence-corrected chi connectivity index (χ2v) is 6.36. The van der Waals surface area contributed by atoms with E-state index < -0.39 is 21.2 Å². The number of methoxy groups -OCH3 is 1. The number of esters is 1. The predicted molar refractivity (Wildman–Crippen MR) is 72.7 cm³/mol. The van der Waals surface area contributed by atoms with Crippen LogP contribution in [0.25, 0.3) is 0 Å². The molecule has 0 bridgehead atoms. The Balaban J connectivity index is 2.19. The van der Waals surface area contributed by atoms with Crippen LogP contribution >= 0.6 is 0 Å². The van der Waals surface area contributed by atoms with Gasteiger partial charge in [-0.3, -0.25) is 9.52 Å². The number of sulfonamides is 1. The van der Waals surface area contributed by atoms with Gasteiger partial charge in [-0.2, -0.15) is 0 Å². The normalized spacial score (nSPS) is 15.3. The standard InChI is InChI=1S/C12H16N2O4S/c1-8(12(15)18-2)19(16,17)14-10-3-4-11-9(7-10)5-6-13-11/h3-4,7-8,13-14H,5-6H2,1-2H3. The average molecular weight is 284 g/mol. The van der Waals surface area contributed by atoms with E-state index in [2.05, 4.69) is 14.8 Å². The Kier molecular flexibility index (Phi) is 3.66. The van der Waals surface area contributed by atoms with Crippen LogP contribution in [0.3, 0.4) is 0 Å². The number of rotatable bonds is 4. The monoisotopic (exact) mass is 284 g/mol. The van der Waals surface area contributed by atoms with E-state index in [0.717, 1.165) is 31.3 Å². The van der Waals surface area contributed by atoms with E-state index in [1.165, 1.54) is 6.92 Å². The summed E-state index contributed by atoms with van der Waals surface area (Å²) in [6.07, 6.45) is 0.859. The lowest BCUT2D eigenvalue weighted by atomic mass is 10.1. The van der Waals surface area contributed by atoms with Crippen molar-refractivity contribution in [1.82, 2.24) is 0 Å². The first kappa shape index (κ1) is 13.7. The molecule has 1 atom stereocenters. The van der Waals surface area contributed by atoms with Gasteiger partial charge in [0.25, 0.3) is 0 Å². The number of ether oxygens (including phenoxy) is 1. The molecule has 1 aliphatic heterocycles. The number of hydrogen-bond acceptors (Lipinski definition) is 5. The zero-order valence-electron chi connectivity index (χ0n) is 10.8. The molecule has 0 aliphatic carbocycles. The summed E-state index contributed by atoms with van der Waals surface area (Å²) in [5.74, 6) is -0.782. The maximum Gasteiger partial charge on any atom is 0.325 e. The molecule has 0 amide bonds. The summed E-state index contributed by atoms with van der Waals surface area (Å²) in [7, 11) is -2.62. The summed E-state index contributed by atoms with van der Waals surface area (Å²) in [5.41, 5.74) is 2.54. The van der Waals surface area contributed by atoms with Gasteiger partial charge in [0.15, 0.2) is 5.25 Å². The van der Waals surface area contributed by atoms with E-state index in [9.17, 15) is 13.2 Å². The number of anilines is 2. The lowest BCUT2D eigenvalue weighted by Gasteiger charge is -2.13. The highest BCUT2D eigenvalue weighted by molar-refractivity contribution is 7.94. The average Bonchev–Trinajstić information content (AvgIpc) is 2.83. The molecule has 0 fully saturated rings. The van der Waals surface area contributed by atoms with Crippen molar-refractivity contribution in [3.05, 3.63) is 23.8 Å². The molecule has 0 aromatic heterocycles. The lowest BCUT2D eigenvalue weighted by Crippen LogP contribution is -2.33. The van der Waals surface area contributed by atoms with Gasteiger partial charge in [-0.1, -0.05) is 0 Å². The Hall–Kier alpha value is -1.76. The third-order valence-electron chi connectivity index (χ3n) is 3.07. The summed E-state index contributed by atoms with van der Waals surface area (Å²) < 4.78 is 30.8. The van der Waals surface area contributed by atoms with Gasteiger partial charge in [0.2, 0.25) is 10.0 Å². The van der Waals surface area contributed by atoms with Crippen LogP contribution in [0.5, 0.6) is 0 Å². The number of carbonyl (C=O) groups is 1. The molecule has 2 N–H and O–H groups in total. The van der Waals surface area contributed by atoms with Crippen molar-refractivity contribution in [2.45, 2.75) is 18.6 Å². The molecule has 1 aromatic rings. The summed E-state index contributed by atoms with van der Waals surface area (Å²) in [6, 6.07) is 5.26. The van der Waals surface area contributed by atoms with E-state index in [1.807, 2.05) is 6.07 Å². The molecule has 1 aromatic carbocycles. The van der Waals surface area contributed by atoms with Gasteiger partial charge in [0, 0.05) is 17.9 Å². The zero-order valence-corrected chi connectivity index (χ0v) is 11.6. The Morgan fingerprint density at radius 2 is 2.21 bits per heavy atom. The van der Waals surface area contributed by atoms with Crippen LogP contribution in [0.2, 0.25) is 0 Å². The van der Waals surface area contributed by atoms with E-state index in [1.54, 1.807) is 12.1 Å². The number of nitrogens with one attached hydrogen (secondary N) is 2. The maximum atomic E-state index is 12.0. The first-order chi connectivity index (χ1) is 8.94. The van der Waals surface area contributed by atoms with E-state index in [0.29, 0.717) is 5.69 Å². The first-order valence-electron chi connectivity index (χ1n) is 5.90. The van der Waals surface area contributed by atoms with Crippen LogP contribution in [0.4, 0.5) is 11.4 Å². The summed E-state index contributed by atoms with van der Waals surface area (Å²) in [4.78, 5) is 11.3. The van der Waals surface area contributed by atoms with Crippen LogP contribution in [0.15, 0.2) is 18.2 Å². The molecule has 0 saturated heterocycles. The fraction of sp³-hybridized carbons (Fsp3) is 0.417. The van der Waals surface area contributed by atoms with Crippen LogP contribution < -0.4 is 10.0 Å². The van der Waals surface area contributed by atoms with Gasteiger partial charge in [0.05, 0.1) is 7.11 Å². The topological polar surface area (TPSA) is 84.5 Å². The minimum Gasteiger partial charge on any atom is -0.468 e. The molecule has 1 unspecified atom stereocenters. The maximum absolute atomic E-state index is 12.0. The minimum atomic E-state index is -3.79. The van der Waals surface area contributed by atoms with Gasteiger partial charge >= 0.3 is 5.97 Å². The van der Waals surface area contributed by atoms with Crippen molar-refractivity contribution < 1.29 is 17.9 Å². The van der Waals surface area contributed by atoms with Crippen molar-refractivity contribution in [2.75, 3.05) is 23.7 Å². The Bertz CT molecular complexity index is 598. The van der Waals surface area contributed by atoms with Crippen molar-refractivity contribution in [3.8, 4) is 0 Å². The fourth-order valence-corrected chi connectivity index (χ4v) is 2.90. The molecule has 19 heavy (non-hydrogen) atoms. The number of benzene rings is 1. The van der Waals surface area contributed by atoms with E-state index in [4.69, 9.17) is 0 Å². The SMILES string of the molecule is COC(=O)C(C)S(=O)(=O)Nc1ccc2c(c1)CCN2. The molecular weight excluding hydrogens is 268 g/mol. The largest absolute Gasteiger partial charge is 0.468 e. The summed E-state index contributed by atoms with van der Waals surface area (Å²) in [6.45, 7) is 2.15. The number of fused-ring (bicyclic) bond motifs is 1. The smallest absolute Gasteiger partial charge is 0.325 e. The van der Waals surface area contributed by atoms with E-state index in [-0.39, 0.29) is 0 Å². The molecule has 104 valence electrons. The Labute approximate surface area is 112 Å². The van der Waals surface area contributed by atoms with Crippen LogP contribution in [-0.4, -0.2) is 33.3 Å². The summed E-state index contributed by atoms with van der Waals surface area (Å²) in [5, 5.41) is 1.94. The second-order valence-electron chi connectivity index (χ2n) is 4.36. The van der Waals surface area contributed by atoms with Crippen molar-refractivity contribution in [1.29, 1.82) is 0 Å². The quantitative estimate of drug-likeness (QED) is 0.804. The number of hydrogen-bond donors (Lipinski definition) is 2. The van der Waals surface area contributed by atoms with Crippen molar-refractivity contribution in [2.24, 2.45) is 0 Å². The molecule has 6 nitrogen and oxygen atoms in total. The predicted octanol–water partition coefficient (Wildman–Crippen LogP) is 0.958. The molecular formula is C12H16N2O4S. The highest BCUT2D eigenvalue weighted by Crippen LogP contribution is 2.26. The van der Waals surface area contributed by atoms with Gasteiger partial charge in [-0.05, 0) is 37.1 Å². The number of carbonyl (C=O) groups excluding carboxylic acids is 1. The third kappa shape index (κ3) is 2.81. The highest BCUT2D eigenvalue weighted by Gasteiger charge is 2.29. The lowest BCUT2D eigenvalue weighted by molar-refractivity contribution is -0.139. The van der Waals surface area contributed by atoms with Gasteiger partial charge in [-0.15, -0.1) is 0 Å². The Morgan fingerprint density at radius 1 is 1.47 bits per heavy atom. The molecule has 7 heteroatoms. The fourth-order valence-electron chi connectivity index (χ4n) is 1.91. The van der Waals surface area contributed by atoms with Crippen LogP contribution in [-0.2, 0) is 26.0 Å². The minimum absolute atomic E-state index is 0.457. The zero-order chi connectivity index (χ0) is 14.0. The van der Waals surface area contributed by atoms with Crippen LogP contribution in [0, 0.1) is 0 Å². The summed E-state index contributed by atoms with van der Waals surface area (Å²) >= 11 is 0. The van der Waals surface area contributed by atoms with Gasteiger partial charge < -0.3 is 10.1 Å². The van der Waals surface area contributed by atoms with Gasteiger partial charge in [-0.25, -0.2) is 8.42 Å². The van der Waals surface area contributed by atoms with Crippen molar-refractivity contribution in [3.63, 3.8) is 0 Å².